The van der Waals surface area contributed by atoms with E-state index in [0.717, 1.165) is 43.2 Å². The van der Waals surface area contributed by atoms with E-state index < -0.39 is 0 Å². The van der Waals surface area contributed by atoms with Crippen LogP contribution in [0.1, 0.15) is 38.5 Å². The summed E-state index contributed by atoms with van der Waals surface area (Å²) in [6.45, 7) is 1.68. The molecule has 0 saturated heterocycles. The van der Waals surface area contributed by atoms with E-state index >= 15 is 0 Å². The van der Waals surface area contributed by atoms with Crippen molar-refractivity contribution in [3.05, 3.63) is 30.3 Å². The van der Waals surface area contributed by atoms with E-state index in [2.05, 4.69) is 46.8 Å². The Hall–Kier alpha value is -1.71. The first kappa shape index (κ1) is 16.7. The monoisotopic (exact) mass is 341 g/mol. The van der Waals surface area contributed by atoms with Crippen molar-refractivity contribution in [2.45, 2.75) is 44.6 Å². The molecule has 4 fully saturated rings. The number of carbonyl (C=O) groups excluding carboxylic acids is 1. The summed E-state index contributed by atoms with van der Waals surface area (Å²) in [6, 6.07) is 10.9. The number of hydrogen-bond acceptors (Lipinski definition) is 2. The fraction of sp³-hybridized carbons (Fsp3) is 0.667. The van der Waals surface area contributed by atoms with Gasteiger partial charge >= 0.3 is 6.03 Å². The van der Waals surface area contributed by atoms with Crippen LogP contribution in [0.15, 0.2) is 30.3 Å². The van der Waals surface area contributed by atoms with E-state index in [1.54, 1.807) is 0 Å². The minimum atomic E-state index is 0.0415. The van der Waals surface area contributed by atoms with Gasteiger partial charge in [0.25, 0.3) is 0 Å². The highest BCUT2D eigenvalue weighted by Crippen LogP contribution is 2.53. The Balaban J connectivity index is 1.17. The number of rotatable bonds is 6. The average molecular weight is 341 g/mol. The Bertz CT molecular complexity index is 560. The minimum absolute atomic E-state index is 0.0415. The van der Waals surface area contributed by atoms with E-state index in [-0.39, 0.29) is 6.03 Å². The Labute approximate surface area is 151 Å². The molecule has 4 saturated carbocycles. The predicted molar refractivity (Wildman–Crippen MR) is 102 cm³/mol. The number of hydrogen-bond donors (Lipinski definition) is 2. The van der Waals surface area contributed by atoms with Gasteiger partial charge in [0.15, 0.2) is 0 Å². The zero-order chi connectivity index (χ0) is 17.2. The fourth-order valence-corrected chi connectivity index (χ4v) is 5.69. The Morgan fingerprint density at radius 3 is 2.32 bits per heavy atom. The second-order valence-corrected chi connectivity index (χ2v) is 8.47. The van der Waals surface area contributed by atoms with Crippen LogP contribution >= 0.6 is 0 Å². The van der Waals surface area contributed by atoms with Crippen molar-refractivity contribution >= 4 is 11.7 Å². The number of benzene rings is 1. The summed E-state index contributed by atoms with van der Waals surface area (Å²) in [5, 5.41) is 6.39. The van der Waals surface area contributed by atoms with E-state index in [0.29, 0.717) is 6.04 Å². The van der Waals surface area contributed by atoms with Gasteiger partial charge in [0.05, 0.1) is 0 Å². The second-order valence-electron chi connectivity index (χ2n) is 8.47. The lowest BCUT2D eigenvalue weighted by Crippen LogP contribution is -2.57. The first-order valence-electron chi connectivity index (χ1n) is 9.99. The number of nitrogens with zero attached hydrogens (tertiary/aromatic N) is 1. The lowest BCUT2D eigenvalue weighted by molar-refractivity contribution is -0.00940. The quantitative estimate of drug-likeness (QED) is 0.776. The van der Waals surface area contributed by atoms with Crippen LogP contribution in [0.2, 0.25) is 0 Å². The third kappa shape index (κ3) is 3.78. The molecule has 0 unspecified atom stereocenters. The maximum atomic E-state index is 12.3. The third-order valence-corrected chi connectivity index (χ3v) is 6.68. The molecule has 2 amide bonds. The van der Waals surface area contributed by atoms with Crippen LogP contribution < -0.4 is 15.5 Å². The molecular weight excluding hydrogens is 310 g/mol. The lowest BCUT2D eigenvalue weighted by Gasteiger charge is -2.54. The summed E-state index contributed by atoms with van der Waals surface area (Å²) in [4.78, 5) is 14.5. The van der Waals surface area contributed by atoms with Gasteiger partial charge in [0.1, 0.15) is 0 Å². The predicted octanol–water partition coefficient (Wildman–Crippen LogP) is 3.64. The van der Waals surface area contributed by atoms with Crippen molar-refractivity contribution in [2.24, 2.45) is 23.7 Å². The molecule has 0 aliphatic heterocycles. The molecule has 1 aromatic carbocycles. The van der Waals surface area contributed by atoms with E-state index in [1.807, 2.05) is 6.07 Å². The SMILES string of the molecule is CN(CCCNC(=O)NC1C2CC3CC(C2)CC1C3)c1ccccc1. The normalized spacial score (nSPS) is 32.4. The number of nitrogens with one attached hydrogen (secondary N) is 2. The van der Waals surface area contributed by atoms with Crippen LogP contribution in [0.25, 0.3) is 0 Å². The Kier molecular flexibility index (Phi) is 4.87. The standard InChI is InChI=1S/C21H31N3O/c1-24(19-6-3-2-4-7-19)9-5-8-22-21(25)23-20-17-11-15-10-16(13-17)14-18(20)12-15/h2-4,6-7,15-18,20H,5,8-14H2,1H3,(H2,22,23,25). The first-order valence-corrected chi connectivity index (χ1v) is 9.99. The maximum absolute atomic E-state index is 12.3. The van der Waals surface area contributed by atoms with Crippen LogP contribution in [0.5, 0.6) is 0 Å². The molecule has 4 aliphatic carbocycles. The summed E-state index contributed by atoms with van der Waals surface area (Å²) >= 11 is 0. The van der Waals surface area contributed by atoms with Gasteiger partial charge < -0.3 is 15.5 Å². The van der Waals surface area contributed by atoms with E-state index in [1.165, 1.54) is 37.8 Å². The first-order chi connectivity index (χ1) is 12.2. The van der Waals surface area contributed by atoms with Crippen LogP contribution in [-0.4, -0.2) is 32.2 Å². The molecular formula is C21H31N3O. The number of amides is 2. The van der Waals surface area contributed by atoms with Gasteiger partial charge in [-0.05, 0) is 74.3 Å². The summed E-state index contributed by atoms with van der Waals surface area (Å²) < 4.78 is 0. The van der Waals surface area contributed by atoms with Gasteiger partial charge in [-0.3, -0.25) is 0 Å². The summed E-state index contributed by atoms with van der Waals surface area (Å²) in [5.74, 6) is 3.40. The molecule has 4 heteroatoms. The largest absolute Gasteiger partial charge is 0.375 e. The van der Waals surface area contributed by atoms with Crippen molar-refractivity contribution < 1.29 is 4.79 Å². The minimum Gasteiger partial charge on any atom is -0.375 e. The summed E-state index contributed by atoms with van der Waals surface area (Å²) in [6.07, 6.45) is 7.81. The van der Waals surface area contributed by atoms with E-state index in [9.17, 15) is 4.79 Å². The van der Waals surface area contributed by atoms with Crippen molar-refractivity contribution in [3.8, 4) is 0 Å². The zero-order valence-electron chi connectivity index (χ0n) is 15.3. The van der Waals surface area contributed by atoms with Gasteiger partial charge in [-0.1, -0.05) is 18.2 Å². The fourth-order valence-electron chi connectivity index (χ4n) is 5.69. The lowest BCUT2D eigenvalue weighted by atomic mass is 9.54. The van der Waals surface area contributed by atoms with Crippen LogP contribution in [0.3, 0.4) is 0 Å². The molecule has 4 bridgehead atoms. The zero-order valence-corrected chi connectivity index (χ0v) is 15.3. The molecule has 1 aromatic rings. The molecule has 4 nitrogen and oxygen atoms in total. The molecule has 0 atom stereocenters. The van der Waals surface area contributed by atoms with E-state index in [4.69, 9.17) is 0 Å². The maximum Gasteiger partial charge on any atom is 0.315 e. The highest BCUT2D eigenvalue weighted by Gasteiger charge is 2.48. The second kappa shape index (κ2) is 7.27. The molecule has 0 aromatic heterocycles. The smallest absolute Gasteiger partial charge is 0.315 e. The number of para-hydroxylation sites is 1. The van der Waals surface area contributed by atoms with Gasteiger partial charge in [-0.2, -0.15) is 0 Å². The third-order valence-electron chi connectivity index (χ3n) is 6.68. The molecule has 0 spiro atoms. The number of carbonyl (C=O) groups is 1. The molecule has 2 N–H and O–H groups in total. The van der Waals surface area contributed by atoms with Gasteiger partial charge in [0, 0.05) is 31.9 Å². The highest BCUT2D eigenvalue weighted by molar-refractivity contribution is 5.74. The molecule has 4 aliphatic rings. The van der Waals surface area contributed by atoms with Crippen LogP contribution in [-0.2, 0) is 0 Å². The van der Waals surface area contributed by atoms with Crippen LogP contribution in [0, 0.1) is 23.7 Å². The number of anilines is 1. The topological polar surface area (TPSA) is 44.4 Å². The molecule has 5 rings (SSSR count). The molecule has 0 heterocycles. The average Bonchev–Trinajstić information content (AvgIpc) is 2.62. The molecule has 25 heavy (non-hydrogen) atoms. The molecule has 136 valence electrons. The van der Waals surface area contributed by atoms with Gasteiger partial charge in [-0.25, -0.2) is 4.79 Å². The summed E-state index contributed by atoms with van der Waals surface area (Å²) in [7, 11) is 2.10. The number of urea groups is 1. The van der Waals surface area contributed by atoms with Crippen molar-refractivity contribution in [1.29, 1.82) is 0 Å². The Morgan fingerprint density at radius 2 is 1.68 bits per heavy atom. The molecule has 0 radical (unpaired) electrons. The van der Waals surface area contributed by atoms with Crippen LogP contribution in [0.4, 0.5) is 10.5 Å². The van der Waals surface area contributed by atoms with Gasteiger partial charge in [0.2, 0.25) is 0 Å². The van der Waals surface area contributed by atoms with Crippen molar-refractivity contribution in [3.63, 3.8) is 0 Å². The highest BCUT2D eigenvalue weighted by atomic mass is 16.2. The Morgan fingerprint density at radius 1 is 1.04 bits per heavy atom. The van der Waals surface area contributed by atoms with Crippen molar-refractivity contribution in [2.75, 3.05) is 25.0 Å². The van der Waals surface area contributed by atoms with Gasteiger partial charge in [-0.15, -0.1) is 0 Å². The summed E-state index contributed by atoms with van der Waals surface area (Å²) in [5.41, 5.74) is 1.22. The van der Waals surface area contributed by atoms with Crippen molar-refractivity contribution in [1.82, 2.24) is 10.6 Å².